The molecule has 4 N–H and O–H groups in total. The average molecular weight is 639 g/mol. The number of piperidine rings is 1. The molecule has 3 heterocycles. The van der Waals surface area contributed by atoms with Gasteiger partial charge in [0.05, 0.1) is 18.8 Å². The third kappa shape index (κ3) is 8.39. The molecule has 242 valence electrons. The number of aromatic nitrogens is 3. The van der Waals surface area contributed by atoms with Crippen LogP contribution in [0, 0.1) is 18.6 Å². The van der Waals surface area contributed by atoms with Gasteiger partial charge in [0.25, 0.3) is 0 Å². The van der Waals surface area contributed by atoms with Crippen LogP contribution in [-0.4, -0.2) is 74.9 Å². The molecule has 0 spiro atoms. The van der Waals surface area contributed by atoms with Crippen LogP contribution in [0.15, 0.2) is 42.6 Å². The van der Waals surface area contributed by atoms with E-state index in [2.05, 4.69) is 25.6 Å². The number of urea groups is 1. The highest BCUT2D eigenvalue weighted by Crippen LogP contribution is 2.35. The van der Waals surface area contributed by atoms with Crippen molar-refractivity contribution in [1.29, 1.82) is 0 Å². The first kappa shape index (κ1) is 33.5. The molecule has 0 saturated carbocycles. The molecule has 0 radical (unpaired) electrons. The lowest BCUT2D eigenvalue weighted by molar-refractivity contribution is -0.141. The van der Waals surface area contributed by atoms with Crippen LogP contribution >= 0.6 is 0 Å². The van der Waals surface area contributed by atoms with E-state index in [1.54, 1.807) is 6.92 Å². The van der Waals surface area contributed by atoms with Crippen molar-refractivity contribution in [2.45, 2.75) is 43.9 Å². The average Bonchev–Trinajstić information content (AvgIpc) is 3.01. The number of pyridine rings is 1. The highest BCUT2D eigenvalue weighted by molar-refractivity contribution is 5.89. The van der Waals surface area contributed by atoms with E-state index in [0.29, 0.717) is 24.4 Å². The van der Waals surface area contributed by atoms with Crippen molar-refractivity contribution in [3.63, 3.8) is 0 Å². The monoisotopic (exact) mass is 638 g/mol. The lowest BCUT2D eigenvalue weighted by atomic mass is 9.84. The summed E-state index contributed by atoms with van der Waals surface area (Å²) in [5.74, 6) is -2.89. The Morgan fingerprint density at radius 3 is 2.38 bits per heavy atom. The number of nitrogens with zero attached hydrogens (tertiary/aromatic N) is 4. The zero-order valence-electron chi connectivity index (χ0n) is 24.1. The van der Waals surface area contributed by atoms with Gasteiger partial charge in [-0.05, 0) is 38.0 Å². The van der Waals surface area contributed by atoms with E-state index in [1.165, 1.54) is 23.2 Å². The van der Waals surface area contributed by atoms with Crippen molar-refractivity contribution < 1.29 is 46.5 Å². The molecule has 1 aliphatic heterocycles. The molecular weight excluding hydrogens is 607 g/mol. The summed E-state index contributed by atoms with van der Waals surface area (Å²) in [5.41, 5.74) is -3.35. The van der Waals surface area contributed by atoms with Gasteiger partial charge in [-0.1, -0.05) is 12.1 Å². The minimum atomic E-state index is -4.74. The van der Waals surface area contributed by atoms with E-state index in [-0.39, 0.29) is 31.0 Å². The summed E-state index contributed by atoms with van der Waals surface area (Å²) in [6, 6.07) is 5.54. The number of alkyl halides is 3. The number of rotatable bonds is 10. The Kier molecular flexibility index (Phi) is 10.5. The summed E-state index contributed by atoms with van der Waals surface area (Å²) >= 11 is 0. The number of aliphatic hydroxyl groups excluding tert-OH is 1. The summed E-state index contributed by atoms with van der Waals surface area (Å²) in [7, 11) is 0. The second-order valence-electron chi connectivity index (χ2n) is 10.4. The number of para-hydroxylation sites is 1. The Labute approximate surface area is 254 Å². The summed E-state index contributed by atoms with van der Waals surface area (Å²) in [6.07, 6.45) is -3.03. The quantitative estimate of drug-likeness (QED) is 0.246. The van der Waals surface area contributed by atoms with Crippen molar-refractivity contribution in [3.05, 3.63) is 77.0 Å². The number of hydrogen-bond acceptors (Lipinski definition) is 8. The summed E-state index contributed by atoms with van der Waals surface area (Å²) in [5, 5.41) is 25.7. The third-order valence-electron chi connectivity index (χ3n) is 7.19. The molecule has 1 aromatic carbocycles. The number of nitrogens with one attached hydrogen (secondary N) is 2. The number of anilines is 1. The molecule has 3 aromatic rings. The van der Waals surface area contributed by atoms with Gasteiger partial charge < -0.3 is 30.5 Å². The molecule has 16 heteroatoms. The van der Waals surface area contributed by atoms with Crippen LogP contribution < -0.4 is 15.4 Å². The maximum atomic E-state index is 14.0. The van der Waals surface area contributed by atoms with Gasteiger partial charge in [0.1, 0.15) is 41.0 Å². The molecule has 0 bridgehead atoms. The maximum Gasteiger partial charge on any atom is 0.433 e. The number of benzene rings is 1. The van der Waals surface area contributed by atoms with E-state index in [1.807, 2.05) is 0 Å². The molecule has 1 unspecified atom stereocenters. The normalized spacial score (nSPS) is 15.3. The van der Waals surface area contributed by atoms with Crippen molar-refractivity contribution in [2.75, 3.05) is 38.2 Å². The third-order valence-corrected chi connectivity index (χ3v) is 7.19. The highest BCUT2D eigenvalue weighted by atomic mass is 19.4. The first-order valence-corrected chi connectivity index (χ1v) is 13.9. The van der Waals surface area contributed by atoms with Gasteiger partial charge in [-0.25, -0.2) is 28.5 Å². The van der Waals surface area contributed by atoms with Crippen LogP contribution in [0.3, 0.4) is 0 Å². The second-order valence-corrected chi connectivity index (χ2v) is 10.4. The Hall–Kier alpha value is -4.44. The first-order valence-electron chi connectivity index (χ1n) is 13.9. The highest BCUT2D eigenvalue weighted by Gasteiger charge is 2.38. The Bertz CT molecular complexity index is 1500. The molecule has 1 atom stereocenters. The van der Waals surface area contributed by atoms with Crippen LogP contribution in [0.1, 0.15) is 48.0 Å². The number of halogens is 5. The topological polar surface area (TPSA) is 150 Å². The molecule has 1 aliphatic rings. The Morgan fingerprint density at radius 2 is 1.73 bits per heavy atom. The number of carbonyl (C=O) groups is 2. The minimum absolute atomic E-state index is 0.126. The fourth-order valence-corrected chi connectivity index (χ4v) is 4.82. The van der Waals surface area contributed by atoms with Crippen LogP contribution in [0.2, 0.25) is 0 Å². The second kappa shape index (κ2) is 14.1. The van der Waals surface area contributed by atoms with Crippen LogP contribution in [0.4, 0.5) is 32.4 Å². The molecule has 4 rings (SSSR count). The van der Waals surface area contributed by atoms with Gasteiger partial charge in [0.2, 0.25) is 11.8 Å². The number of aliphatic hydroxyl groups is 2. The smallest absolute Gasteiger partial charge is 0.433 e. The molecule has 2 aromatic heterocycles. The number of likely N-dealkylation sites (tertiary alicyclic amines) is 1. The number of amides is 3. The molecule has 1 saturated heterocycles. The van der Waals surface area contributed by atoms with E-state index in [9.17, 15) is 36.6 Å². The molecular formula is C29H31F5N6O5. The summed E-state index contributed by atoms with van der Waals surface area (Å²) in [4.78, 5) is 38.5. The summed E-state index contributed by atoms with van der Waals surface area (Å²) in [6.45, 7) is 0.347. The summed E-state index contributed by atoms with van der Waals surface area (Å²) < 4.78 is 73.2. The van der Waals surface area contributed by atoms with Crippen molar-refractivity contribution >= 4 is 17.6 Å². The van der Waals surface area contributed by atoms with Crippen LogP contribution in [0.5, 0.6) is 5.88 Å². The largest absolute Gasteiger partial charge is 0.474 e. The fourth-order valence-electron chi connectivity index (χ4n) is 4.82. The number of carbonyl (C=O) groups excluding carboxylic acids is 2. The van der Waals surface area contributed by atoms with Gasteiger partial charge in [0.15, 0.2) is 0 Å². The van der Waals surface area contributed by atoms with E-state index in [4.69, 9.17) is 9.84 Å². The van der Waals surface area contributed by atoms with E-state index >= 15 is 0 Å². The van der Waals surface area contributed by atoms with Gasteiger partial charge in [0, 0.05) is 43.3 Å². The Balaban J connectivity index is 1.56. The zero-order valence-corrected chi connectivity index (χ0v) is 24.1. The van der Waals surface area contributed by atoms with Gasteiger partial charge >= 0.3 is 12.2 Å². The van der Waals surface area contributed by atoms with Crippen LogP contribution in [-0.2, 0) is 16.6 Å². The SMILES string of the molecule is Cc1ncc(C(O)(CNC(=O)CCO)COc2cccc(C(F)(F)F)n2)c(C2CCN(C(=O)Nc3c(F)cccc3F)CC2)n1. The van der Waals surface area contributed by atoms with Crippen LogP contribution in [0.25, 0.3) is 0 Å². The lowest BCUT2D eigenvalue weighted by Gasteiger charge is -2.35. The predicted molar refractivity (Wildman–Crippen MR) is 149 cm³/mol. The van der Waals surface area contributed by atoms with Gasteiger partial charge in [-0.3, -0.25) is 4.79 Å². The van der Waals surface area contributed by atoms with E-state index < -0.39 is 72.4 Å². The van der Waals surface area contributed by atoms with Gasteiger partial charge in [-0.15, -0.1) is 0 Å². The van der Waals surface area contributed by atoms with Crippen molar-refractivity contribution in [2.24, 2.45) is 0 Å². The van der Waals surface area contributed by atoms with Crippen molar-refractivity contribution in [1.82, 2.24) is 25.2 Å². The minimum Gasteiger partial charge on any atom is -0.474 e. The Morgan fingerprint density at radius 1 is 1.07 bits per heavy atom. The predicted octanol–water partition coefficient (Wildman–Crippen LogP) is 3.65. The maximum absolute atomic E-state index is 14.0. The molecule has 0 aliphatic carbocycles. The molecule has 45 heavy (non-hydrogen) atoms. The first-order chi connectivity index (χ1) is 21.3. The molecule has 3 amide bonds. The fraction of sp³-hybridized carbons (Fsp3) is 0.414. The molecule has 1 fully saturated rings. The zero-order chi connectivity index (χ0) is 32.8. The number of ether oxygens (including phenoxy) is 1. The number of aryl methyl sites for hydroxylation is 1. The van der Waals surface area contributed by atoms with Gasteiger partial charge in [-0.2, -0.15) is 13.2 Å². The van der Waals surface area contributed by atoms with Crippen molar-refractivity contribution in [3.8, 4) is 5.88 Å². The number of hydrogen-bond donors (Lipinski definition) is 4. The standard InChI is InChI=1S/C29H31F5N6O5/c1-17-35-14-19(25(37-17)18-8-11-40(12-9-18)27(43)39-26-20(30)4-2-5-21(26)31)28(44,15-36-23(42)10-13-41)16-45-24-7-3-6-22(38-24)29(32,33)34/h2-7,14,18,41,44H,8-13,15-16H2,1H3,(H,36,42)(H,39,43). The van der Waals surface area contributed by atoms with E-state index in [0.717, 1.165) is 24.3 Å². The lowest BCUT2D eigenvalue weighted by Crippen LogP contribution is -2.47. The molecule has 11 nitrogen and oxygen atoms in total.